The third-order valence-electron chi connectivity index (χ3n) is 4.85. The number of amides is 1. The van der Waals surface area contributed by atoms with Gasteiger partial charge in [-0.25, -0.2) is 0 Å². The molecule has 0 aromatic heterocycles. The van der Waals surface area contributed by atoms with Crippen LogP contribution in [0.25, 0.3) is 0 Å². The number of piperidine rings is 1. The molecule has 0 saturated carbocycles. The predicted octanol–water partition coefficient (Wildman–Crippen LogP) is 1.44. The van der Waals surface area contributed by atoms with Crippen LogP contribution in [0.5, 0.6) is 11.5 Å². The maximum Gasteiger partial charge on any atom is 0.255 e. The molecule has 1 aromatic rings. The number of hydrogen-bond donors (Lipinski definition) is 1. The SMILES string of the molecule is CCN(CC1COc2ccccc2O1)C(=O)C1(OC)CCNCC1. The highest BCUT2D eigenvalue weighted by Crippen LogP contribution is 2.31. The molecule has 1 N–H and O–H groups in total. The topological polar surface area (TPSA) is 60.0 Å². The monoisotopic (exact) mass is 334 g/mol. The average molecular weight is 334 g/mol. The highest BCUT2D eigenvalue weighted by Gasteiger charge is 2.42. The summed E-state index contributed by atoms with van der Waals surface area (Å²) in [6, 6.07) is 7.62. The van der Waals surface area contributed by atoms with Crippen LogP contribution in [0.1, 0.15) is 19.8 Å². The average Bonchev–Trinajstić information content (AvgIpc) is 2.66. The molecule has 0 bridgehead atoms. The van der Waals surface area contributed by atoms with Crippen molar-refractivity contribution >= 4 is 5.91 Å². The van der Waals surface area contributed by atoms with Crippen molar-refractivity contribution in [3.05, 3.63) is 24.3 Å². The number of fused-ring (bicyclic) bond motifs is 1. The molecule has 6 heteroatoms. The minimum Gasteiger partial charge on any atom is -0.486 e. The molecule has 1 unspecified atom stereocenters. The molecular formula is C18H26N2O4. The summed E-state index contributed by atoms with van der Waals surface area (Å²) < 4.78 is 17.4. The van der Waals surface area contributed by atoms with E-state index in [1.54, 1.807) is 7.11 Å². The van der Waals surface area contributed by atoms with Gasteiger partial charge in [0.25, 0.3) is 5.91 Å². The van der Waals surface area contributed by atoms with Crippen molar-refractivity contribution in [3.63, 3.8) is 0 Å². The third kappa shape index (κ3) is 3.35. The second-order valence-corrected chi connectivity index (χ2v) is 6.29. The molecule has 0 aliphatic carbocycles. The van der Waals surface area contributed by atoms with Gasteiger partial charge in [0, 0.05) is 13.7 Å². The third-order valence-corrected chi connectivity index (χ3v) is 4.85. The van der Waals surface area contributed by atoms with E-state index in [1.165, 1.54) is 0 Å². The van der Waals surface area contributed by atoms with Crippen molar-refractivity contribution in [3.8, 4) is 11.5 Å². The summed E-state index contributed by atoms with van der Waals surface area (Å²) in [6.45, 7) is 5.16. The molecule has 0 spiro atoms. The summed E-state index contributed by atoms with van der Waals surface area (Å²) in [5.41, 5.74) is -0.714. The number of likely N-dealkylation sites (N-methyl/N-ethyl adjacent to an activating group) is 1. The summed E-state index contributed by atoms with van der Waals surface area (Å²) in [6.07, 6.45) is 1.23. The Hall–Kier alpha value is -1.79. The maximum absolute atomic E-state index is 13.1. The zero-order chi connectivity index (χ0) is 17.0. The Kier molecular flexibility index (Phi) is 5.26. The molecule has 2 aliphatic heterocycles. The lowest BCUT2D eigenvalue weighted by atomic mass is 9.90. The summed E-state index contributed by atoms with van der Waals surface area (Å²) in [4.78, 5) is 14.9. The van der Waals surface area contributed by atoms with Crippen LogP contribution in [0, 0.1) is 0 Å². The summed E-state index contributed by atoms with van der Waals surface area (Å²) in [7, 11) is 1.63. The molecule has 1 amide bonds. The van der Waals surface area contributed by atoms with E-state index < -0.39 is 5.60 Å². The summed E-state index contributed by atoms with van der Waals surface area (Å²) in [5, 5.41) is 3.28. The lowest BCUT2D eigenvalue weighted by Gasteiger charge is -2.40. The maximum atomic E-state index is 13.1. The van der Waals surface area contributed by atoms with Crippen LogP contribution in [0.2, 0.25) is 0 Å². The molecule has 1 atom stereocenters. The largest absolute Gasteiger partial charge is 0.486 e. The van der Waals surface area contributed by atoms with Crippen molar-refractivity contribution < 1.29 is 19.0 Å². The molecule has 1 fully saturated rings. The van der Waals surface area contributed by atoms with Gasteiger partial charge in [0.15, 0.2) is 17.6 Å². The fraction of sp³-hybridized carbons (Fsp3) is 0.611. The van der Waals surface area contributed by atoms with Crippen LogP contribution >= 0.6 is 0 Å². The Labute approximate surface area is 143 Å². The van der Waals surface area contributed by atoms with Gasteiger partial charge in [0.05, 0.1) is 6.54 Å². The van der Waals surface area contributed by atoms with Crippen molar-refractivity contribution in [1.82, 2.24) is 10.2 Å². The second-order valence-electron chi connectivity index (χ2n) is 6.29. The van der Waals surface area contributed by atoms with Gasteiger partial charge in [-0.15, -0.1) is 0 Å². The Bertz CT molecular complexity index is 572. The van der Waals surface area contributed by atoms with Gasteiger partial charge in [-0.05, 0) is 45.0 Å². The zero-order valence-corrected chi connectivity index (χ0v) is 14.4. The van der Waals surface area contributed by atoms with Gasteiger partial charge in [-0.1, -0.05) is 12.1 Å². The number of nitrogens with zero attached hydrogens (tertiary/aromatic N) is 1. The predicted molar refractivity (Wildman–Crippen MR) is 90.5 cm³/mol. The van der Waals surface area contributed by atoms with Gasteiger partial charge >= 0.3 is 0 Å². The van der Waals surface area contributed by atoms with E-state index in [0.29, 0.717) is 32.5 Å². The highest BCUT2D eigenvalue weighted by atomic mass is 16.6. The summed E-state index contributed by atoms with van der Waals surface area (Å²) in [5.74, 6) is 1.55. The Morgan fingerprint density at radius 1 is 1.33 bits per heavy atom. The number of benzene rings is 1. The number of hydrogen-bond acceptors (Lipinski definition) is 5. The molecular weight excluding hydrogens is 308 g/mol. The Balaban J connectivity index is 1.67. The zero-order valence-electron chi connectivity index (χ0n) is 14.4. The van der Waals surface area contributed by atoms with Crippen molar-refractivity contribution in [1.29, 1.82) is 0 Å². The molecule has 1 aromatic carbocycles. The van der Waals surface area contributed by atoms with E-state index in [4.69, 9.17) is 14.2 Å². The molecule has 2 heterocycles. The molecule has 1 saturated heterocycles. The van der Waals surface area contributed by atoms with Crippen LogP contribution in [0.4, 0.5) is 0 Å². The van der Waals surface area contributed by atoms with Gasteiger partial charge < -0.3 is 24.4 Å². The number of ether oxygens (including phenoxy) is 3. The van der Waals surface area contributed by atoms with Crippen molar-refractivity contribution in [2.45, 2.75) is 31.5 Å². The van der Waals surface area contributed by atoms with E-state index in [1.807, 2.05) is 36.1 Å². The molecule has 3 rings (SSSR count). The lowest BCUT2D eigenvalue weighted by Crippen LogP contribution is -2.57. The molecule has 24 heavy (non-hydrogen) atoms. The number of carbonyl (C=O) groups excluding carboxylic acids is 1. The van der Waals surface area contributed by atoms with Gasteiger partial charge in [-0.3, -0.25) is 4.79 Å². The number of rotatable bonds is 5. The fourth-order valence-corrected chi connectivity index (χ4v) is 3.38. The first-order chi connectivity index (χ1) is 11.7. The highest BCUT2D eigenvalue weighted by molar-refractivity contribution is 5.85. The van der Waals surface area contributed by atoms with E-state index in [2.05, 4.69) is 5.32 Å². The number of methoxy groups -OCH3 is 1. The minimum absolute atomic E-state index is 0.0523. The van der Waals surface area contributed by atoms with Crippen LogP contribution < -0.4 is 14.8 Å². The second kappa shape index (κ2) is 7.40. The standard InChI is InChI=1S/C18H26N2O4/c1-3-20(17(21)18(22-2)8-10-19-11-9-18)12-14-13-23-15-6-4-5-7-16(15)24-14/h4-7,14,19H,3,8-13H2,1-2H3. The normalized spacial score (nSPS) is 22.0. The van der Waals surface area contributed by atoms with Gasteiger partial charge in [0.2, 0.25) is 0 Å². The fourth-order valence-electron chi connectivity index (χ4n) is 3.38. The van der Waals surface area contributed by atoms with Crippen LogP contribution in [0.3, 0.4) is 0 Å². The van der Waals surface area contributed by atoms with Crippen LogP contribution in [-0.2, 0) is 9.53 Å². The lowest BCUT2D eigenvalue weighted by molar-refractivity contribution is -0.159. The molecule has 132 valence electrons. The van der Waals surface area contributed by atoms with Crippen molar-refractivity contribution in [2.75, 3.05) is 39.9 Å². The molecule has 2 aliphatic rings. The van der Waals surface area contributed by atoms with E-state index in [9.17, 15) is 4.79 Å². The minimum atomic E-state index is -0.714. The first-order valence-corrected chi connectivity index (χ1v) is 8.62. The first-order valence-electron chi connectivity index (χ1n) is 8.62. The Morgan fingerprint density at radius 3 is 2.71 bits per heavy atom. The van der Waals surface area contributed by atoms with E-state index in [0.717, 1.165) is 24.6 Å². The summed E-state index contributed by atoms with van der Waals surface area (Å²) >= 11 is 0. The van der Waals surface area contributed by atoms with Gasteiger partial charge in [0.1, 0.15) is 12.2 Å². The molecule has 6 nitrogen and oxygen atoms in total. The smallest absolute Gasteiger partial charge is 0.255 e. The van der Waals surface area contributed by atoms with Crippen molar-refractivity contribution in [2.24, 2.45) is 0 Å². The molecule has 0 radical (unpaired) electrons. The van der Waals surface area contributed by atoms with E-state index >= 15 is 0 Å². The van der Waals surface area contributed by atoms with Crippen LogP contribution in [0.15, 0.2) is 24.3 Å². The number of nitrogens with one attached hydrogen (secondary N) is 1. The van der Waals surface area contributed by atoms with Gasteiger partial charge in [-0.2, -0.15) is 0 Å². The first kappa shape index (κ1) is 17.0. The number of para-hydroxylation sites is 2. The van der Waals surface area contributed by atoms with Crippen LogP contribution in [-0.4, -0.2) is 62.4 Å². The number of carbonyl (C=O) groups is 1. The Morgan fingerprint density at radius 2 is 2.04 bits per heavy atom. The van der Waals surface area contributed by atoms with E-state index in [-0.39, 0.29) is 12.0 Å². The quantitative estimate of drug-likeness (QED) is 0.883.